The molecule has 0 unspecified atom stereocenters. The Kier molecular flexibility index (Phi) is 12.0. The van der Waals surface area contributed by atoms with Crippen LogP contribution in [0.15, 0.2) is 118 Å². The zero-order valence-electron chi connectivity index (χ0n) is 20.9. The molecule has 0 spiro atoms. The summed E-state index contributed by atoms with van der Waals surface area (Å²) in [6.07, 6.45) is 3.28. The standard InChI is InChI=1S/2C14H13N3O2.Ni/c2*1-10(12-7-4-5-9-15-12)16-17-14(19)11-6-2-3-8-13(11)18;/h2*2-9,18H,1H3,(H,17,19);/q;;+2/p-2/b2*16-10+;. The summed E-state index contributed by atoms with van der Waals surface area (Å²) < 4.78 is 0. The molecule has 200 valence electrons. The normalized spacial score (nSPS) is 12.2. The molecule has 4 aromatic rings. The van der Waals surface area contributed by atoms with Crippen molar-refractivity contribution >= 4 is 23.2 Å². The van der Waals surface area contributed by atoms with Crippen molar-refractivity contribution in [1.29, 1.82) is 0 Å². The minimum atomic E-state index is -0.589. The third-order valence-corrected chi connectivity index (χ3v) is 4.92. The number of aromatic hydroxyl groups is 2. The molecule has 0 fully saturated rings. The summed E-state index contributed by atoms with van der Waals surface area (Å²) in [7, 11) is 0. The Morgan fingerprint density at radius 2 is 0.923 bits per heavy atom. The molecule has 0 saturated carbocycles. The van der Waals surface area contributed by atoms with E-state index in [0.29, 0.717) is 22.8 Å². The summed E-state index contributed by atoms with van der Waals surface area (Å²) in [5.74, 6) is -1.40. The first kappa shape index (κ1) is 30.3. The maximum Gasteiger partial charge on any atom is 2.00 e. The van der Waals surface area contributed by atoms with E-state index < -0.39 is 11.8 Å². The van der Waals surface area contributed by atoms with Crippen molar-refractivity contribution in [2.75, 3.05) is 0 Å². The Hall–Kier alpha value is -4.89. The number of para-hydroxylation sites is 2. The van der Waals surface area contributed by atoms with Crippen LogP contribution in [0.5, 0.6) is 11.5 Å². The number of rotatable bonds is 6. The van der Waals surface area contributed by atoms with Crippen molar-refractivity contribution in [2.45, 2.75) is 13.8 Å². The van der Waals surface area contributed by atoms with Crippen LogP contribution in [0.3, 0.4) is 0 Å². The number of aromatic nitrogens is 2. The first-order valence-corrected chi connectivity index (χ1v) is 11.3. The van der Waals surface area contributed by atoms with Gasteiger partial charge in [0.05, 0.1) is 22.8 Å². The van der Waals surface area contributed by atoms with Crippen molar-refractivity contribution in [3.8, 4) is 11.5 Å². The van der Waals surface area contributed by atoms with E-state index >= 15 is 0 Å². The van der Waals surface area contributed by atoms with E-state index in [9.17, 15) is 20.4 Å². The molecule has 0 aliphatic heterocycles. The fourth-order valence-corrected chi connectivity index (χ4v) is 2.91. The predicted molar refractivity (Wildman–Crippen MR) is 142 cm³/mol. The van der Waals surface area contributed by atoms with E-state index in [2.05, 4.69) is 30.4 Å². The minimum absolute atomic E-state index is 0. The van der Waals surface area contributed by atoms with E-state index in [0.717, 1.165) is 0 Å². The number of phenols is 2. The van der Waals surface area contributed by atoms with Gasteiger partial charge in [-0.25, -0.2) is 0 Å². The Morgan fingerprint density at radius 3 is 1.26 bits per heavy atom. The summed E-state index contributed by atoms with van der Waals surface area (Å²) in [5, 5.41) is 57.4. The summed E-state index contributed by atoms with van der Waals surface area (Å²) in [4.78, 5) is 8.19. The molecule has 39 heavy (non-hydrogen) atoms. The number of hydrogen-bond donors (Lipinski definition) is 2. The van der Waals surface area contributed by atoms with E-state index in [-0.39, 0.29) is 39.1 Å². The molecule has 0 aliphatic carbocycles. The molecular formula is C28H24N6NiO4. The van der Waals surface area contributed by atoms with Crippen LogP contribution in [0, 0.1) is 0 Å². The second-order valence-electron chi connectivity index (χ2n) is 7.65. The number of pyridine rings is 2. The minimum Gasteiger partial charge on any atom is -0.857 e. The first-order chi connectivity index (χ1) is 18.4. The Bertz CT molecular complexity index is 1360. The van der Waals surface area contributed by atoms with Crippen molar-refractivity contribution in [3.63, 3.8) is 0 Å². The van der Waals surface area contributed by atoms with Gasteiger partial charge in [-0.05, 0) is 50.2 Å². The zero-order valence-corrected chi connectivity index (χ0v) is 21.9. The van der Waals surface area contributed by atoms with Crippen LogP contribution in [0.1, 0.15) is 36.4 Å². The first-order valence-electron chi connectivity index (χ1n) is 11.3. The van der Waals surface area contributed by atoms with Crippen molar-refractivity contribution in [2.24, 2.45) is 20.4 Å². The fourth-order valence-electron chi connectivity index (χ4n) is 2.91. The second kappa shape index (κ2) is 15.4. The second-order valence-corrected chi connectivity index (χ2v) is 7.65. The van der Waals surface area contributed by atoms with Crippen molar-refractivity contribution < 1.29 is 36.9 Å². The van der Waals surface area contributed by atoms with Gasteiger partial charge in [-0.15, -0.1) is 0 Å². The predicted octanol–water partition coefficient (Wildman–Crippen LogP) is 2.63. The molecule has 0 bridgehead atoms. The average molecular weight is 567 g/mol. The number of nitrogens with zero attached hydrogens (tertiary/aromatic N) is 6. The Balaban J connectivity index is 0.000000267. The quantitative estimate of drug-likeness (QED) is 0.158. The van der Waals surface area contributed by atoms with E-state index in [1.165, 1.54) is 24.3 Å². The molecule has 0 atom stereocenters. The Morgan fingerprint density at radius 1 is 0.564 bits per heavy atom. The molecule has 0 saturated heterocycles. The SMILES string of the molecule is C/C(=N\N=C(/[O-])c1ccccc1O)c1ccccn1.C/C(=N\N=C(/[O-])c1ccccc1O)c1ccccn1.[Ni+2]. The monoisotopic (exact) mass is 566 g/mol. The van der Waals surface area contributed by atoms with Crippen LogP contribution in [0.25, 0.3) is 0 Å². The third-order valence-electron chi connectivity index (χ3n) is 4.92. The number of benzene rings is 2. The molecule has 0 aliphatic rings. The molecule has 2 N–H and O–H groups in total. The van der Waals surface area contributed by atoms with Gasteiger partial charge in [-0.3, -0.25) is 9.97 Å². The van der Waals surface area contributed by atoms with Gasteiger partial charge in [0.1, 0.15) is 11.5 Å². The molecular weight excluding hydrogens is 543 g/mol. The van der Waals surface area contributed by atoms with Crippen LogP contribution in [-0.4, -0.2) is 43.4 Å². The molecule has 0 amide bonds. The molecule has 4 rings (SSSR count). The molecule has 2 heterocycles. The topological polar surface area (TPSA) is 162 Å². The summed E-state index contributed by atoms with van der Waals surface area (Å²) in [6.45, 7) is 3.42. The van der Waals surface area contributed by atoms with Crippen LogP contribution in [-0.2, 0) is 16.5 Å². The maximum atomic E-state index is 11.7. The van der Waals surface area contributed by atoms with E-state index in [1.807, 2.05) is 12.1 Å². The maximum absolute atomic E-state index is 11.7. The number of hydrogen-bond acceptors (Lipinski definition) is 10. The van der Waals surface area contributed by atoms with Gasteiger partial charge in [0, 0.05) is 35.3 Å². The Labute approximate surface area is 235 Å². The molecule has 0 radical (unpaired) electrons. The third kappa shape index (κ3) is 9.17. The largest absolute Gasteiger partial charge is 2.00 e. The zero-order chi connectivity index (χ0) is 27.3. The smallest absolute Gasteiger partial charge is 0.857 e. The van der Waals surface area contributed by atoms with Gasteiger partial charge in [0.15, 0.2) is 0 Å². The van der Waals surface area contributed by atoms with Gasteiger partial charge < -0.3 is 20.4 Å². The van der Waals surface area contributed by atoms with Crippen LogP contribution >= 0.6 is 0 Å². The van der Waals surface area contributed by atoms with E-state index in [4.69, 9.17) is 0 Å². The van der Waals surface area contributed by atoms with Gasteiger partial charge in [-0.2, -0.15) is 20.4 Å². The van der Waals surface area contributed by atoms with Gasteiger partial charge in [0.25, 0.3) is 0 Å². The van der Waals surface area contributed by atoms with Crippen LogP contribution in [0.2, 0.25) is 0 Å². The van der Waals surface area contributed by atoms with Crippen molar-refractivity contribution in [1.82, 2.24) is 9.97 Å². The molecule has 11 heteroatoms. The molecule has 2 aromatic carbocycles. The summed E-state index contributed by atoms with van der Waals surface area (Å²) in [5.41, 5.74) is 2.61. The van der Waals surface area contributed by atoms with Crippen molar-refractivity contribution in [3.05, 3.63) is 120 Å². The van der Waals surface area contributed by atoms with E-state index in [1.54, 1.807) is 74.8 Å². The van der Waals surface area contributed by atoms with Crippen LogP contribution < -0.4 is 10.2 Å². The number of phenolic OH excluding ortho intramolecular Hbond substituents is 2. The average Bonchev–Trinajstić information content (AvgIpc) is 2.96. The molecule has 10 nitrogen and oxygen atoms in total. The molecule has 2 aromatic heterocycles. The fraction of sp³-hybridized carbons (Fsp3) is 0.0714. The van der Waals surface area contributed by atoms with Gasteiger partial charge >= 0.3 is 16.5 Å². The van der Waals surface area contributed by atoms with Gasteiger partial charge in [0.2, 0.25) is 0 Å². The van der Waals surface area contributed by atoms with Crippen LogP contribution in [0.4, 0.5) is 0 Å². The summed E-state index contributed by atoms with van der Waals surface area (Å²) in [6, 6.07) is 23.2. The summed E-state index contributed by atoms with van der Waals surface area (Å²) >= 11 is 0. The van der Waals surface area contributed by atoms with Gasteiger partial charge in [-0.1, -0.05) is 48.5 Å².